The van der Waals surface area contributed by atoms with E-state index in [-0.39, 0.29) is 5.63 Å². The van der Waals surface area contributed by atoms with Crippen LogP contribution >= 0.6 is 15.9 Å². The molecule has 0 N–H and O–H groups in total. The highest BCUT2D eigenvalue weighted by atomic mass is 79.9. The molecule has 0 amide bonds. The molecule has 15 heavy (non-hydrogen) atoms. The van der Waals surface area contributed by atoms with Crippen LogP contribution in [-0.2, 0) is 6.42 Å². The first-order chi connectivity index (χ1) is 7.20. The van der Waals surface area contributed by atoms with Gasteiger partial charge in [-0.3, -0.25) is 0 Å². The Labute approximate surface area is 95.4 Å². The summed E-state index contributed by atoms with van der Waals surface area (Å²) in [5.41, 5.74) is 1.29. The second kappa shape index (κ2) is 4.03. The molecule has 0 unspecified atom stereocenters. The van der Waals surface area contributed by atoms with Gasteiger partial charge in [-0.05, 0) is 24.6 Å². The van der Waals surface area contributed by atoms with Crippen LogP contribution in [0.25, 0.3) is 11.0 Å². The number of benzene rings is 1. The predicted octanol–water partition coefficient (Wildman–Crippen LogP) is 3.28. The van der Waals surface area contributed by atoms with Gasteiger partial charge in [0.15, 0.2) is 0 Å². The minimum absolute atomic E-state index is 0.324. The third-order valence-corrected chi connectivity index (χ3v) is 2.58. The number of hydrogen-bond acceptors (Lipinski definition) is 2. The number of rotatable bonds is 2. The molecule has 76 valence electrons. The van der Waals surface area contributed by atoms with Gasteiger partial charge in [-0.15, -0.1) is 6.58 Å². The number of hydrogen-bond donors (Lipinski definition) is 0. The van der Waals surface area contributed by atoms with Crippen LogP contribution in [0.1, 0.15) is 5.56 Å². The van der Waals surface area contributed by atoms with Gasteiger partial charge in [-0.1, -0.05) is 22.0 Å². The van der Waals surface area contributed by atoms with E-state index >= 15 is 0 Å². The van der Waals surface area contributed by atoms with Crippen LogP contribution in [0.5, 0.6) is 0 Å². The van der Waals surface area contributed by atoms with Gasteiger partial charge in [0.25, 0.3) is 0 Å². The van der Waals surface area contributed by atoms with Gasteiger partial charge >= 0.3 is 5.63 Å². The summed E-state index contributed by atoms with van der Waals surface area (Å²) in [7, 11) is 0. The van der Waals surface area contributed by atoms with Gasteiger partial charge in [-0.25, -0.2) is 4.79 Å². The summed E-state index contributed by atoms with van der Waals surface area (Å²) in [6, 6.07) is 7.04. The van der Waals surface area contributed by atoms with Crippen molar-refractivity contribution in [2.45, 2.75) is 6.42 Å². The maximum atomic E-state index is 11.1. The van der Waals surface area contributed by atoms with E-state index in [1.165, 1.54) is 6.07 Å². The fraction of sp³-hybridized carbons (Fsp3) is 0.0833. The highest BCUT2D eigenvalue weighted by Crippen LogP contribution is 2.23. The molecule has 1 heterocycles. The predicted molar refractivity (Wildman–Crippen MR) is 64.1 cm³/mol. The monoisotopic (exact) mass is 264 g/mol. The summed E-state index contributed by atoms with van der Waals surface area (Å²) in [6.07, 6.45) is 2.47. The molecule has 0 aliphatic heterocycles. The Morgan fingerprint density at radius 2 is 2.20 bits per heavy atom. The summed E-state index contributed by atoms with van der Waals surface area (Å²) in [5.74, 6) is 0. The van der Waals surface area contributed by atoms with E-state index in [0.29, 0.717) is 12.0 Å². The fourth-order valence-electron chi connectivity index (χ4n) is 1.52. The topological polar surface area (TPSA) is 30.2 Å². The van der Waals surface area contributed by atoms with Crippen molar-refractivity contribution in [1.82, 2.24) is 0 Å². The molecule has 0 spiro atoms. The van der Waals surface area contributed by atoms with E-state index in [0.717, 1.165) is 15.4 Å². The number of halogens is 1. The van der Waals surface area contributed by atoms with Crippen molar-refractivity contribution in [3.8, 4) is 0 Å². The molecular formula is C12H9BrO2. The average molecular weight is 265 g/mol. The summed E-state index contributed by atoms with van der Waals surface area (Å²) in [4.78, 5) is 11.1. The van der Waals surface area contributed by atoms with Crippen LogP contribution in [0.2, 0.25) is 0 Å². The van der Waals surface area contributed by atoms with E-state index < -0.39 is 0 Å². The lowest BCUT2D eigenvalue weighted by Gasteiger charge is -2.03. The van der Waals surface area contributed by atoms with Crippen LogP contribution in [0, 0.1) is 0 Å². The quantitative estimate of drug-likeness (QED) is 0.616. The second-order valence-corrected chi connectivity index (χ2v) is 4.15. The summed E-state index contributed by atoms with van der Waals surface area (Å²) in [5, 5.41) is 0.917. The summed E-state index contributed by atoms with van der Waals surface area (Å²) < 4.78 is 6.15. The largest absolute Gasteiger partial charge is 0.422 e. The van der Waals surface area contributed by atoms with Crippen molar-refractivity contribution < 1.29 is 4.42 Å². The Morgan fingerprint density at radius 1 is 1.40 bits per heavy atom. The second-order valence-electron chi connectivity index (χ2n) is 3.23. The molecule has 0 saturated carbocycles. The molecule has 0 bridgehead atoms. The SMILES string of the molecule is C=CCc1cc(Br)cc2ccc(=O)oc12. The van der Waals surface area contributed by atoms with Gasteiger partial charge in [0, 0.05) is 21.5 Å². The standard InChI is InChI=1S/C12H9BrO2/c1-2-3-8-6-10(13)7-9-4-5-11(14)15-12(8)9/h2,4-7H,1,3H2. The van der Waals surface area contributed by atoms with Gasteiger partial charge in [0.1, 0.15) is 5.58 Å². The molecule has 2 aromatic rings. The third kappa shape index (κ3) is 2.02. The van der Waals surface area contributed by atoms with Crippen LogP contribution in [0.4, 0.5) is 0 Å². The minimum Gasteiger partial charge on any atom is -0.422 e. The van der Waals surface area contributed by atoms with Crippen molar-refractivity contribution in [2.24, 2.45) is 0 Å². The molecule has 0 aliphatic rings. The smallest absolute Gasteiger partial charge is 0.336 e. The Kier molecular flexibility index (Phi) is 2.73. The van der Waals surface area contributed by atoms with Gasteiger partial charge in [-0.2, -0.15) is 0 Å². The first-order valence-corrected chi connectivity index (χ1v) is 5.33. The first kappa shape index (κ1) is 10.2. The van der Waals surface area contributed by atoms with Crippen molar-refractivity contribution >= 4 is 26.9 Å². The molecule has 0 fully saturated rings. The molecule has 0 saturated heterocycles. The molecule has 2 rings (SSSR count). The number of fused-ring (bicyclic) bond motifs is 1. The van der Waals surface area contributed by atoms with E-state index in [2.05, 4.69) is 22.5 Å². The molecular weight excluding hydrogens is 256 g/mol. The van der Waals surface area contributed by atoms with Crippen LogP contribution in [-0.4, -0.2) is 0 Å². The Balaban J connectivity index is 2.80. The van der Waals surface area contributed by atoms with Crippen molar-refractivity contribution in [2.75, 3.05) is 0 Å². The summed E-state index contributed by atoms with van der Waals surface area (Å²) >= 11 is 3.42. The Bertz CT molecular complexity index is 569. The molecule has 0 atom stereocenters. The Hall–Kier alpha value is -1.35. The maximum Gasteiger partial charge on any atom is 0.336 e. The molecule has 1 aromatic heterocycles. The zero-order valence-electron chi connectivity index (χ0n) is 8.00. The van der Waals surface area contributed by atoms with Crippen molar-refractivity contribution in [3.05, 3.63) is 57.4 Å². The summed E-state index contributed by atoms with van der Waals surface area (Å²) in [6.45, 7) is 3.68. The van der Waals surface area contributed by atoms with Crippen LogP contribution in [0.15, 0.2) is 50.6 Å². The molecule has 0 radical (unpaired) electrons. The fourth-order valence-corrected chi connectivity index (χ4v) is 2.04. The first-order valence-electron chi connectivity index (χ1n) is 4.54. The van der Waals surface area contributed by atoms with E-state index in [4.69, 9.17) is 4.42 Å². The lowest BCUT2D eigenvalue weighted by Crippen LogP contribution is -1.96. The van der Waals surface area contributed by atoms with Gasteiger partial charge in [0.2, 0.25) is 0 Å². The lowest BCUT2D eigenvalue weighted by molar-refractivity contribution is 0.558. The lowest BCUT2D eigenvalue weighted by atomic mass is 10.1. The number of allylic oxidation sites excluding steroid dienone is 1. The average Bonchev–Trinajstić information content (AvgIpc) is 2.19. The maximum absolute atomic E-state index is 11.1. The molecule has 1 aromatic carbocycles. The van der Waals surface area contributed by atoms with E-state index in [1.807, 2.05) is 12.1 Å². The zero-order chi connectivity index (χ0) is 10.8. The highest BCUT2D eigenvalue weighted by molar-refractivity contribution is 9.10. The van der Waals surface area contributed by atoms with Gasteiger partial charge in [0.05, 0.1) is 0 Å². The zero-order valence-corrected chi connectivity index (χ0v) is 9.58. The normalized spacial score (nSPS) is 10.5. The van der Waals surface area contributed by atoms with Crippen LogP contribution in [0.3, 0.4) is 0 Å². The van der Waals surface area contributed by atoms with Crippen molar-refractivity contribution in [1.29, 1.82) is 0 Å². The van der Waals surface area contributed by atoms with Gasteiger partial charge < -0.3 is 4.42 Å². The van der Waals surface area contributed by atoms with Crippen LogP contribution < -0.4 is 5.63 Å². The molecule has 2 nitrogen and oxygen atoms in total. The molecule has 0 aliphatic carbocycles. The highest BCUT2D eigenvalue weighted by Gasteiger charge is 2.04. The Morgan fingerprint density at radius 3 is 2.93 bits per heavy atom. The molecule has 3 heteroatoms. The van der Waals surface area contributed by atoms with E-state index in [1.54, 1.807) is 12.1 Å². The van der Waals surface area contributed by atoms with E-state index in [9.17, 15) is 4.79 Å². The minimum atomic E-state index is -0.324. The third-order valence-electron chi connectivity index (χ3n) is 2.13. The van der Waals surface area contributed by atoms with Crippen molar-refractivity contribution in [3.63, 3.8) is 0 Å².